The van der Waals surface area contributed by atoms with Crippen molar-refractivity contribution in [3.05, 3.63) is 53.6 Å². The van der Waals surface area contributed by atoms with Crippen molar-refractivity contribution in [1.82, 2.24) is 0 Å². The largest absolute Gasteiger partial charge is 0.494 e. The van der Waals surface area contributed by atoms with Gasteiger partial charge in [0.05, 0.1) is 20.8 Å². The minimum atomic E-state index is 0.214. The number of hydrogen-bond acceptors (Lipinski definition) is 4. The predicted octanol–water partition coefficient (Wildman–Crippen LogP) is 4.17. The lowest BCUT2D eigenvalue weighted by Crippen LogP contribution is -2.15. The van der Waals surface area contributed by atoms with E-state index in [2.05, 4.69) is 25.1 Å². The molecule has 0 aliphatic rings. The van der Waals surface area contributed by atoms with Crippen molar-refractivity contribution in [2.75, 3.05) is 27.4 Å². The van der Waals surface area contributed by atoms with Crippen molar-refractivity contribution < 1.29 is 14.2 Å². The van der Waals surface area contributed by atoms with Crippen LogP contribution in [0.5, 0.6) is 17.2 Å². The van der Waals surface area contributed by atoms with Gasteiger partial charge in [-0.2, -0.15) is 0 Å². The van der Waals surface area contributed by atoms with E-state index in [1.807, 2.05) is 24.3 Å². The summed E-state index contributed by atoms with van der Waals surface area (Å²) in [6, 6.07) is 14.3. The molecule has 0 aliphatic carbocycles. The number of ether oxygens (including phenoxy) is 3. The molecule has 2 N–H and O–H groups in total. The minimum Gasteiger partial charge on any atom is -0.494 e. The summed E-state index contributed by atoms with van der Waals surface area (Å²) < 4.78 is 16.5. The Kier molecular flexibility index (Phi) is 7.61. The molecule has 0 heterocycles. The van der Waals surface area contributed by atoms with Gasteiger partial charge in [-0.3, -0.25) is 0 Å². The van der Waals surface area contributed by atoms with Crippen molar-refractivity contribution >= 4 is 0 Å². The van der Waals surface area contributed by atoms with Gasteiger partial charge in [0.25, 0.3) is 0 Å². The first-order chi connectivity index (χ1) is 12.2. The van der Waals surface area contributed by atoms with Gasteiger partial charge in [-0.25, -0.2) is 0 Å². The zero-order valence-corrected chi connectivity index (χ0v) is 15.5. The predicted molar refractivity (Wildman–Crippen MR) is 102 cm³/mol. The second-order valence-corrected chi connectivity index (χ2v) is 6.10. The number of benzene rings is 2. The Bertz CT molecular complexity index is 657. The summed E-state index contributed by atoms with van der Waals surface area (Å²) >= 11 is 0. The summed E-state index contributed by atoms with van der Waals surface area (Å²) in [6.07, 6.45) is 3.06. The molecule has 0 fully saturated rings. The second kappa shape index (κ2) is 9.94. The molecule has 4 nitrogen and oxygen atoms in total. The van der Waals surface area contributed by atoms with E-state index in [1.54, 1.807) is 14.2 Å². The van der Waals surface area contributed by atoms with Gasteiger partial charge in [-0.05, 0) is 54.8 Å². The monoisotopic (exact) mass is 343 g/mol. The molecule has 2 aromatic rings. The van der Waals surface area contributed by atoms with E-state index in [0.717, 1.165) is 48.7 Å². The molecule has 25 heavy (non-hydrogen) atoms. The average Bonchev–Trinajstić information content (AvgIpc) is 2.66. The molecule has 0 spiro atoms. The van der Waals surface area contributed by atoms with Crippen molar-refractivity contribution in [2.45, 2.75) is 32.1 Å². The van der Waals surface area contributed by atoms with Crippen LogP contribution < -0.4 is 19.9 Å². The highest BCUT2D eigenvalue weighted by Crippen LogP contribution is 2.32. The number of hydrogen-bond donors (Lipinski definition) is 1. The molecule has 0 saturated heterocycles. The quantitative estimate of drug-likeness (QED) is 0.658. The molecular weight excluding hydrogens is 314 g/mol. The van der Waals surface area contributed by atoms with E-state index in [1.165, 1.54) is 5.56 Å². The van der Waals surface area contributed by atoms with Crippen molar-refractivity contribution in [3.8, 4) is 17.2 Å². The number of nitrogens with two attached hydrogens (primary N) is 1. The third kappa shape index (κ3) is 5.40. The van der Waals surface area contributed by atoms with Crippen LogP contribution in [0.1, 0.15) is 36.8 Å². The van der Waals surface area contributed by atoms with Crippen LogP contribution in [0.15, 0.2) is 42.5 Å². The highest BCUT2D eigenvalue weighted by Gasteiger charge is 2.14. The lowest BCUT2D eigenvalue weighted by atomic mass is 9.91. The van der Waals surface area contributed by atoms with Crippen LogP contribution in [0.2, 0.25) is 0 Å². The third-order valence-electron chi connectivity index (χ3n) is 4.31. The average molecular weight is 343 g/mol. The lowest BCUT2D eigenvalue weighted by Gasteiger charge is -2.18. The van der Waals surface area contributed by atoms with E-state index in [9.17, 15) is 0 Å². The van der Waals surface area contributed by atoms with Crippen LogP contribution in [0.25, 0.3) is 0 Å². The van der Waals surface area contributed by atoms with Crippen LogP contribution in [0.3, 0.4) is 0 Å². The van der Waals surface area contributed by atoms with E-state index in [4.69, 9.17) is 19.9 Å². The van der Waals surface area contributed by atoms with Gasteiger partial charge in [0, 0.05) is 5.92 Å². The standard InChI is InChI=1S/C21H29NO3/c1-4-5-11-25-19-8-6-7-16(13-19)12-18(15-22)17-9-10-20(23-2)21(14-17)24-3/h6-10,13-14,18H,4-5,11-12,15,22H2,1-3H3. The van der Waals surface area contributed by atoms with Gasteiger partial charge in [-0.15, -0.1) is 0 Å². The fourth-order valence-electron chi connectivity index (χ4n) is 2.83. The summed E-state index contributed by atoms with van der Waals surface area (Å²) in [5, 5.41) is 0. The molecule has 1 atom stereocenters. The smallest absolute Gasteiger partial charge is 0.160 e. The zero-order valence-electron chi connectivity index (χ0n) is 15.5. The summed E-state index contributed by atoms with van der Waals surface area (Å²) in [6.45, 7) is 3.49. The molecule has 0 aromatic heterocycles. The van der Waals surface area contributed by atoms with Gasteiger partial charge in [-0.1, -0.05) is 31.5 Å². The van der Waals surface area contributed by atoms with E-state index >= 15 is 0 Å². The lowest BCUT2D eigenvalue weighted by molar-refractivity contribution is 0.309. The molecule has 0 saturated carbocycles. The minimum absolute atomic E-state index is 0.214. The Hall–Kier alpha value is -2.20. The fraction of sp³-hybridized carbons (Fsp3) is 0.429. The normalized spacial score (nSPS) is 11.8. The maximum atomic E-state index is 6.05. The summed E-state index contributed by atoms with van der Waals surface area (Å²) in [4.78, 5) is 0. The van der Waals surface area contributed by atoms with Crippen LogP contribution >= 0.6 is 0 Å². The van der Waals surface area contributed by atoms with Crippen molar-refractivity contribution in [1.29, 1.82) is 0 Å². The fourth-order valence-corrected chi connectivity index (χ4v) is 2.83. The van der Waals surface area contributed by atoms with E-state index in [0.29, 0.717) is 6.54 Å². The van der Waals surface area contributed by atoms with Gasteiger partial charge in [0.2, 0.25) is 0 Å². The summed E-state index contributed by atoms with van der Waals surface area (Å²) in [7, 11) is 3.29. The zero-order chi connectivity index (χ0) is 18.1. The molecule has 0 radical (unpaired) electrons. The number of methoxy groups -OCH3 is 2. The molecule has 136 valence electrons. The Morgan fingerprint density at radius 2 is 1.80 bits per heavy atom. The van der Waals surface area contributed by atoms with E-state index in [-0.39, 0.29) is 5.92 Å². The summed E-state index contributed by atoms with van der Waals surface area (Å²) in [5.74, 6) is 2.60. The molecule has 0 amide bonds. The molecule has 1 unspecified atom stereocenters. The van der Waals surface area contributed by atoms with Gasteiger partial charge < -0.3 is 19.9 Å². The first kappa shape index (κ1) is 19.1. The molecule has 0 aliphatic heterocycles. The summed E-state index contributed by atoms with van der Waals surface area (Å²) in [5.41, 5.74) is 8.42. The third-order valence-corrected chi connectivity index (χ3v) is 4.31. The maximum Gasteiger partial charge on any atom is 0.160 e. The van der Waals surface area contributed by atoms with Gasteiger partial charge >= 0.3 is 0 Å². The second-order valence-electron chi connectivity index (χ2n) is 6.10. The van der Waals surface area contributed by atoms with Crippen LogP contribution in [-0.2, 0) is 6.42 Å². The molecule has 0 bridgehead atoms. The van der Waals surface area contributed by atoms with Gasteiger partial charge in [0.15, 0.2) is 11.5 Å². The van der Waals surface area contributed by atoms with Crippen LogP contribution in [0, 0.1) is 0 Å². The Morgan fingerprint density at radius 1 is 1.00 bits per heavy atom. The Morgan fingerprint density at radius 3 is 2.48 bits per heavy atom. The SMILES string of the molecule is CCCCOc1cccc(CC(CN)c2ccc(OC)c(OC)c2)c1. The Labute approximate surface area is 150 Å². The molecule has 2 aromatic carbocycles. The molecular formula is C21H29NO3. The molecule has 2 rings (SSSR count). The number of unbranched alkanes of at least 4 members (excludes halogenated alkanes) is 1. The first-order valence-corrected chi connectivity index (χ1v) is 8.85. The highest BCUT2D eigenvalue weighted by atomic mass is 16.5. The van der Waals surface area contributed by atoms with Crippen LogP contribution in [0.4, 0.5) is 0 Å². The van der Waals surface area contributed by atoms with E-state index < -0.39 is 0 Å². The first-order valence-electron chi connectivity index (χ1n) is 8.85. The number of rotatable bonds is 10. The molecule has 4 heteroatoms. The van der Waals surface area contributed by atoms with Gasteiger partial charge in [0.1, 0.15) is 5.75 Å². The maximum absolute atomic E-state index is 6.05. The topological polar surface area (TPSA) is 53.7 Å². The highest BCUT2D eigenvalue weighted by molar-refractivity contribution is 5.44. The Balaban J connectivity index is 2.12. The van der Waals surface area contributed by atoms with Crippen molar-refractivity contribution in [2.24, 2.45) is 5.73 Å². The van der Waals surface area contributed by atoms with Crippen molar-refractivity contribution in [3.63, 3.8) is 0 Å². The van der Waals surface area contributed by atoms with Crippen LogP contribution in [-0.4, -0.2) is 27.4 Å².